The molecule has 30 heavy (non-hydrogen) atoms. The number of anilines is 2. The number of halogens is 1. The minimum atomic E-state index is -0.423. The molecule has 1 aliphatic heterocycles. The van der Waals surface area contributed by atoms with Crippen molar-refractivity contribution in [1.82, 2.24) is 4.90 Å². The third-order valence-electron chi connectivity index (χ3n) is 5.03. The molecule has 7 nitrogen and oxygen atoms in total. The maximum Gasteiger partial charge on any atom is 0.321 e. The third kappa shape index (κ3) is 5.73. The Kier molecular flexibility index (Phi) is 7.30. The van der Waals surface area contributed by atoms with Crippen LogP contribution >= 0.6 is 11.6 Å². The predicted octanol–water partition coefficient (Wildman–Crippen LogP) is 4.07. The van der Waals surface area contributed by atoms with Gasteiger partial charge >= 0.3 is 12.0 Å². The molecule has 0 atom stereocenters. The van der Waals surface area contributed by atoms with Gasteiger partial charge in [-0.05, 0) is 49.6 Å². The lowest BCUT2D eigenvalue weighted by Crippen LogP contribution is -2.43. The number of esters is 1. The molecule has 0 aliphatic carbocycles. The molecule has 158 valence electrons. The summed E-state index contributed by atoms with van der Waals surface area (Å²) in [6, 6.07) is 14.2. The topological polar surface area (TPSA) is 87.7 Å². The summed E-state index contributed by atoms with van der Waals surface area (Å²) in [6.07, 6.45) is 0.992. The van der Waals surface area contributed by atoms with Crippen molar-refractivity contribution in [3.63, 3.8) is 0 Å². The average molecular weight is 430 g/mol. The van der Waals surface area contributed by atoms with E-state index in [1.54, 1.807) is 30.0 Å². The van der Waals surface area contributed by atoms with E-state index in [4.69, 9.17) is 16.3 Å². The van der Waals surface area contributed by atoms with Gasteiger partial charge in [-0.25, -0.2) is 4.79 Å². The molecule has 0 aromatic heterocycles. The number of ether oxygens (including phenoxy) is 1. The van der Waals surface area contributed by atoms with Gasteiger partial charge in [-0.2, -0.15) is 0 Å². The van der Waals surface area contributed by atoms with Gasteiger partial charge < -0.3 is 20.3 Å². The lowest BCUT2D eigenvalue weighted by molar-refractivity contribution is -0.152. The molecule has 0 unspecified atom stereocenters. The quantitative estimate of drug-likeness (QED) is 0.701. The molecule has 1 aliphatic rings. The van der Waals surface area contributed by atoms with Crippen LogP contribution in [0.1, 0.15) is 18.4 Å². The van der Waals surface area contributed by atoms with E-state index in [-0.39, 0.29) is 18.6 Å². The Morgan fingerprint density at radius 1 is 1.03 bits per heavy atom. The largest absolute Gasteiger partial charge is 0.455 e. The molecule has 1 heterocycles. The fourth-order valence-corrected chi connectivity index (χ4v) is 3.40. The van der Waals surface area contributed by atoms with E-state index in [0.717, 1.165) is 11.3 Å². The second-order valence-corrected chi connectivity index (χ2v) is 7.53. The van der Waals surface area contributed by atoms with Crippen molar-refractivity contribution in [3.8, 4) is 0 Å². The van der Waals surface area contributed by atoms with Gasteiger partial charge in [0.25, 0.3) is 5.91 Å². The van der Waals surface area contributed by atoms with Gasteiger partial charge in [0.05, 0.1) is 5.92 Å². The SMILES string of the molecule is Cc1c(Cl)cccc1NC(=O)COC(=O)C1CCN(C(=O)Nc2ccccc2)CC1. The first-order valence-corrected chi connectivity index (χ1v) is 10.1. The number of nitrogens with one attached hydrogen (secondary N) is 2. The molecule has 1 fully saturated rings. The zero-order valence-corrected chi connectivity index (χ0v) is 17.4. The third-order valence-corrected chi connectivity index (χ3v) is 5.44. The van der Waals surface area contributed by atoms with Crippen molar-refractivity contribution in [2.24, 2.45) is 5.92 Å². The number of para-hydroxylation sites is 1. The molecule has 2 aromatic rings. The van der Waals surface area contributed by atoms with Crippen LogP contribution in [0.5, 0.6) is 0 Å². The highest BCUT2D eigenvalue weighted by molar-refractivity contribution is 6.31. The van der Waals surface area contributed by atoms with Gasteiger partial charge in [-0.15, -0.1) is 0 Å². The molecule has 8 heteroatoms. The molecule has 2 aromatic carbocycles. The Balaban J connectivity index is 1.41. The van der Waals surface area contributed by atoms with Gasteiger partial charge in [0.2, 0.25) is 0 Å². The van der Waals surface area contributed by atoms with E-state index in [9.17, 15) is 14.4 Å². The Morgan fingerprint density at radius 3 is 2.43 bits per heavy atom. The Morgan fingerprint density at radius 2 is 1.73 bits per heavy atom. The predicted molar refractivity (Wildman–Crippen MR) is 116 cm³/mol. The molecule has 0 bridgehead atoms. The van der Waals surface area contributed by atoms with Gasteiger partial charge in [-0.3, -0.25) is 9.59 Å². The fourth-order valence-electron chi connectivity index (χ4n) is 3.23. The van der Waals surface area contributed by atoms with Gasteiger partial charge in [0.1, 0.15) is 0 Å². The van der Waals surface area contributed by atoms with Crippen LogP contribution in [0.3, 0.4) is 0 Å². The van der Waals surface area contributed by atoms with Crippen LogP contribution in [-0.2, 0) is 14.3 Å². The van der Waals surface area contributed by atoms with E-state index in [1.165, 1.54) is 0 Å². The molecule has 1 saturated heterocycles. The zero-order chi connectivity index (χ0) is 21.5. The summed E-state index contributed by atoms with van der Waals surface area (Å²) < 4.78 is 5.17. The summed E-state index contributed by atoms with van der Waals surface area (Å²) in [5, 5.41) is 6.08. The van der Waals surface area contributed by atoms with Crippen molar-refractivity contribution in [2.45, 2.75) is 19.8 Å². The number of likely N-dealkylation sites (tertiary alicyclic amines) is 1. The van der Waals surface area contributed by atoms with E-state index in [2.05, 4.69) is 10.6 Å². The molecule has 0 saturated carbocycles. The Hall–Kier alpha value is -3.06. The lowest BCUT2D eigenvalue weighted by atomic mass is 9.97. The van der Waals surface area contributed by atoms with E-state index < -0.39 is 11.9 Å². The zero-order valence-electron chi connectivity index (χ0n) is 16.7. The highest BCUT2D eigenvalue weighted by Gasteiger charge is 2.28. The van der Waals surface area contributed by atoms with Crippen LogP contribution < -0.4 is 10.6 Å². The number of carbonyl (C=O) groups is 3. The summed E-state index contributed by atoms with van der Waals surface area (Å²) in [4.78, 5) is 38.4. The summed E-state index contributed by atoms with van der Waals surface area (Å²) in [7, 11) is 0. The first kappa shape index (κ1) is 21.6. The number of hydrogen-bond acceptors (Lipinski definition) is 4. The average Bonchev–Trinajstić information content (AvgIpc) is 2.76. The normalized spacial score (nSPS) is 14.1. The molecular formula is C22H24ClN3O4. The number of rotatable bonds is 5. The number of piperidine rings is 1. The van der Waals surface area contributed by atoms with E-state index >= 15 is 0 Å². The van der Waals surface area contributed by atoms with Gasteiger partial charge in [-0.1, -0.05) is 35.9 Å². The minimum Gasteiger partial charge on any atom is -0.455 e. The number of urea groups is 1. The van der Waals surface area contributed by atoms with Crippen LogP contribution in [0.4, 0.5) is 16.2 Å². The van der Waals surface area contributed by atoms with Crippen LogP contribution in [0.2, 0.25) is 5.02 Å². The van der Waals surface area contributed by atoms with Gasteiger partial charge in [0, 0.05) is 29.5 Å². The second kappa shape index (κ2) is 10.1. The second-order valence-electron chi connectivity index (χ2n) is 7.13. The van der Waals surface area contributed by atoms with Crippen LogP contribution in [0.15, 0.2) is 48.5 Å². The highest BCUT2D eigenvalue weighted by atomic mass is 35.5. The summed E-state index contributed by atoms with van der Waals surface area (Å²) in [6.45, 7) is 2.34. The molecule has 2 N–H and O–H groups in total. The molecule has 0 radical (unpaired) electrons. The van der Waals surface area contributed by atoms with Gasteiger partial charge in [0.15, 0.2) is 6.61 Å². The van der Waals surface area contributed by atoms with Crippen molar-refractivity contribution < 1.29 is 19.1 Å². The Bertz CT molecular complexity index is 912. The minimum absolute atomic E-state index is 0.190. The number of hydrogen-bond donors (Lipinski definition) is 2. The maximum absolute atomic E-state index is 12.3. The first-order valence-electron chi connectivity index (χ1n) is 9.76. The molecule has 3 rings (SSSR count). The van der Waals surface area contributed by atoms with Crippen molar-refractivity contribution in [2.75, 3.05) is 30.3 Å². The van der Waals surface area contributed by atoms with Crippen molar-refractivity contribution in [1.29, 1.82) is 0 Å². The van der Waals surface area contributed by atoms with Crippen molar-refractivity contribution in [3.05, 3.63) is 59.1 Å². The standard InChI is InChI=1S/C22H24ClN3O4/c1-15-18(23)8-5-9-19(15)25-20(27)14-30-21(28)16-10-12-26(13-11-16)22(29)24-17-6-3-2-4-7-17/h2-9,16H,10-14H2,1H3,(H,24,29)(H,25,27). The number of carbonyl (C=O) groups excluding carboxylic acids is 3. The number of amides is 3. The van der Waals surface area contributed by atoms with Crippen LogP contribution in [-0.4, -0.2) is 42.5 Å². The molecule has 3 amide bonds. The molecule has 0 spiro atoms. The van der Waals surface area contributed by atoms with E-state index in [0.29, 0.717) is 36.6 Å². The monoisotopic (exact) mass is 429 g/mol. The molecular weight excluding hydrogens is 406 g/mol. The van der Waals surface area contributed by atoms with Crippen molar-refractivity contribution >= 4 is 40.9 Å². The smallest absolute Gasteiger partial charge is 0.321 e. The summed E-state index contributed by atoms with van der Waals surface area (Å²) in [5.74, 6) is -1.17. The highest BCUT2D eigenvalue weighted by Crippen LogP contribution is 2.23. The number of nitrogens with zero attached hydrogens (tertiary/aromatic N) is 1. The Labute approximate surface area is 180 Å². The maximum atomic E-state index is 12.3. The van der Waals surface area contributed by atoms with Crippen LogP contribution in [0, 0.1) is 12.8 Å². The fraction of sp³-hybridized carbons (Fsp3) is 0.318. The summed E-state index contributed by atoms with van der Waals surface area (Å²) >= 11 is 6.04. The summed E-state index contributed by atoms with van der Waals surface area (Å²) in [5.41, 5.74) is 2.06. The first-order chi connectivity index (χ1) is 14.4. The number of benzene rings is 2. The van der Waals surface area contributed by atoms with Crippen LogP contribution in [0.25, 0.3) is 0 Å². The lowest BCUT2D eigenvalue weighted by Gasteiger charge is -2.30. The van der Waals surface area contributed by atoms with E-state index in [1.807, 2.05) is 30.3 Å².